The topological polar surface area (TPSA) is 175 Å². The third-order valence-electron chi connectivity index (χ3n) is 8.44. The number of hydrogen-bond donors (Lipinski definition) is 4. The van der Waals surface area contributed by atoms with Crippen molar-refractivity contribution in [2.45, 2.75) is 42.3 Å². The molecular formula is C36H36N2O8S2. The van der Waals surface area contributed by atoms with Gasteiger partial charge in [0.25, 0.3) is 0 Å². The zero-order chi connectivity index (χ0) is 34.8. The van der Waals surface area contributed by atoms with Crippen molar-refractivity contribution in [1.29, 1.82) is 0 Å². The minimum Gasteiger partial charge on any atom is -0.476 e. The van der Waals surface area contributed by atoms with Crippen molar-refractivity contribution in [1.82, 2.24) is 10.2 Å². The maximum atomic E-state index is 12.3. The van der Waals surface area contributed by atoms with Crippen molar-refractivity contribution in [3.8, 4) is 22.3 Å². The van der Waals surface area contributed by atoms with E-state index in [4.69, 9.17) is 0 Å². The average molecular weight is 689 g/mol. The molecule has 4 aromatic carbocycles. The normalized spacial score (nSPS) is 13.3. The van der Waals surface area contributed by atoms with Crippen LogP contribution in [0.2, 0.25) is 0 Å². The van der Waals surface area contributed by atoms with E-state index in [0.29, 0.717) is 34.4 Å². The number of rotatable bonds is 12. The zero-order valence-corrected chi connectivity index (χ0v) is 28.2. The fourth-order valence-corrected chi connectivity index (χ4v) is 7.95. The smallest absolute Gasteiger partial charge is 0.356 e. The molecule has 0 spiro atoms. The number of carboxylic acids is 1. The van der Waals surface area contributed by atoms with E-state index in [1.165, 1.54) is 6.07 Å². The van der Waals surface area contributed by atoms with Crippen LogP contribution >= 0.6 is 0 Å². The van der Waals surface area contributed by atoms with Gasteiger partial charge in [0.1, 0.15) is 0 Å². The summed E-state index contributed by atoms with van der Waals surface area (Å²) in [4.78, 5) is 11.8. The largest absolute Gasteiger partial charge is 0.476 e. The number of H-pyrrole nitrogens is 1. The number of aliphatic hydroxyl groups is 2. The Hall–Kier alpha value is -4.62. The Morgan fingerprint density at radius 2 is 1.17 bits per heavy atom. The molecule has 250 valence electrons. The molecule has 2 unspecified atom stereocenters. The van der Waals surface area contributed by atoms with Gasteiger partial charge < -0.3 is 15.3 Å². The van der Waals surface area contributed by atoms with Crippen molar-refractivity contribution in [2.24, 2.45) is 5.92 Å². The van der Waals surface area contributed by atoms with Crippen LogP contribution in [0.1, 0.15) is 51.3 Å². The van der Waals surface area contributed by atoms with Gasteiger partial charge in [-0.2, -0.15) is 5.10 Å². The number of nitrogens with zero attached hydrogens (tertiary/aromatic N) is 1. The summed E-state index contributed by atoms with van der Waals surface area (Å²) in [6, 6.07) is 26.8. The first-order valence-corrected chi connectivity index (χ1v) is 18.8. The SMILES string of the molecule is CC(Cc1ccc(-c2ccc(CO)c(S(C)(=O)=O)c2)cc1)C(c1ccc(-c2ccc(CO)c(S(C)(=O)=O)c2)cc1)c1cc(C(=O)O)n[nH]1. The number of aliphatic hydroxyl groups excluding tert-OH is 2. The van der Waals surface area contributed by atoms with Gasteiger partial charge in [-0.3, -0.25) is 5.10 Å². The van der Waals surface area contributed by atoms with Crippen molar-refractivity contribution in [3.05, 3.63) is 125 Å². The van der Waals surface area contributed by atoms with Crippen molar-refractivity contribution < 1.29 is 36.9 Å². The van der Waals surface area contributed by atoms with E-state index in [9.17, 15) is 36.9 Å². The van der Waals surface area contributed by atoms with Gasteiger partial charge in [-0.05, 0) is 75.0 Å². The number of carbonyl (C=O) groups is 1. The minimum absolute atomic E-state index is 0.0369. The molecule has 0 radical (unpaired) electrons. The Labute approximate surface area is 279 Å². The van der Waals surface area contributed by atoms with Crippen molar-refractivity contribution in [3.63, 3.8) is 0 Å². The van der Waals surface area contributed by atoms with Crippen molar-refractivity contribution in [2.75, 3.05) is 12.5 Å². The Balaban J connectivity index is 1.44. The first-order chi connectivity index (χ1) is 22.7. The monoisotopic (exact) mass is 688 g/mol. The predicted octanol–water partition coefficient (Wildman–Crippen LogP) is 5.24. The fraction of sp³-hybridized carbons (Fsp3) is 0.222. The predicted molar refractivity (Wildman–Crippen MR) is 182 cm³/mol. The van der Waals surface area contributed by atoms with Crippen LogP contribution in [0.25, 0.3) is 22.3 Å². The Bertz CT molecular complexity index is 2170. The first kappa shape index (κ1) is 34.7. The first-order valence-electron chi connectivity index (χ1n) is 15.1. The van der Waals surface area contributed by atoms with Gasteiger partial charge in [-0.25, -0.2) is 21.6 Å². The maximum Gasteiger partial charge on any atom is 0.356 e. The highest BCUT2D eigenvalue weighted by molar-refractivity contribution is 7.91. The molecule has 0 amide bonds. The summed E-state index contributed by atoms with van der Waals surface area (Å²) in [5.41, 5.74) is 6.09. The fourth-order valence-electron chi connectivity index (χ4n) is 6.05. The van der Waals surface area contributed by atoms with E-state index in [1.807, 2.05) is 48.5 Å². The molecule has 10 nitrogen and oxygen atoms in total. The van der Waals surface area contributed by atoms with Crippen LogP contribution in [0.15, 0.2) is 101 Å². The highest BCUT2D eigenvalue weighted by Gasteiger charge is 2.26. The molecule has 5 aromatic rings. The third kappa shape index (κ3) is 7.57. The standard InChI is InChI=1S/C36H36N2O8S2/c1-22(16-23-4-6-24(7-5-23)27-12-14-29(20-39)33(17-27)47(2,43)44)35(31-19-32(36(41)42)38-37-31)26-10-8-25(9-11-26)28-13-15-30(21-40)34(18-28)48(3,45)46/h4-15,17-19,22,35,39-40H,16,20-21H2,1-3H3,(H,37,38)(H,41,42). The summed E-state index contributed by atoms with van der Waals surface area (Å²) in [6.45, 7) is 1.29. The number of aromatic nitrogens is 2. The zero-order valence-electron chi connectivity index (χ0n) is 26.6. The number of hydrogen-bond acceptors (Lipinski definition) is 8. The Kier molecular flexibility index (Phi) is 10.0. The highest BCUT2D eigenvalue weighted by atomic mass is 32.2. The van der Waals surface area contributed by atoms with Crippen LogP contribution < -0.4 is 0 Å². The van der Waals surface area contributed by atoms with Crippen LogP contribution in [0.3, 0.4) is 0 Å². The number of nitrogens with one attached hydrogen (secondary N) is 1. The van der Waals surface area contributed by atoms with Crippen LogP contribution in [-0.4, -0.2) is 60.8 Å². The number of benzene rings is 4. The van der Waals surface area contributed by atoms with Crippen LogP contribution in [0, 0.1) is 5.92 Å². The van der Waals surface area contributed by atoms with Crippen LogP contribution in [0.5, 0.6) is 0 Å². The van der Waals surface area contributed by atoms with Gasteiger partial charge in [0.2, 0.25) is 0 Å². The molecule has 0 aliphatic rings. The molecule has 0 aliphatic carbocycles. The van der Waals surface area contributed by atoms with E-state index in [2.05, 4.69) is 17.1 Å². The van der Waals surface area contributed by atoms with E-state index in [1.54, 1.807) is 36.4 Å². The molecule has 0 saturated heterocycles. The molecule has 0 aliphatic heterocycles. The Morgan fingerprint density at radius 3 is 1.58 bits per heavy atom. The van der Waals surface area contributed by atoms with Crippen LogP contribution in [0.4, 0.5) is 0 Å². The molecule has 4 N–H and O–H groups in total. The molecule has 1 aromatic heterocycles. The summed E-state index contributed by atoms with van der Waals surface area (Å²) >= 11 is 0. The number of sulfone groups is 2. The maximum absolute atomic E-state index is 12.3. The van der Waals surface area contributed by atoms with Gasteiger partial charge in [0.15, 0.2) is 25.4 Å². The van der Waals surface area contributed by atoms with E-state index < -0.39 is 32.3 Å². The van der Waals surface area contributed by atoms with Gasteiger partial charge in [-0.15, -0.1) is 0 Å². The van der Waals surface area contributed by atoms with E-state index in [0.717, 1.165) is 34.8 Å². The van der Waals surface area contributed by atoms with Gasteiger partial charge in [0.05, 0.1) is 23.0 Å². The molecule has 1 heterocycles. The third-order valence-corrected chi connectivity index (χ3v) is 10.8. The number of aromatic amines is 1. The summed E-state index contributed by atoms with van der Waals surface area (Å²) in [6.07, 6.45) is 2.84. The lowest BCUT2D eigenvalue weighted by atomic mass is 9.80. The summed E-state index contributed by atoms with van der Waals surface area (Å²) < 4.78 is 49.3. The molecule has 2 atom stereocenters. The molecule has 0 bridgehead atoms. The average Bonchev–Trinajstić information content (AvgIpc) is 3.54. The lowest BCUT2D eigenvalue weighted by Crippen LogP contribution is -2.15. The molecule has 0 fully saturated rings. The summed E-state index contributed by atoms with van der Waals surface area (Å²) in [5.74, 6) is -1.45. The molecule has 12 heteroatoms. The lowest BCUT2D eigenvalue weighted by molar-refractivity contribution is 0.0690. The van der Waals surface area contributed by atoms with Gasteiger partial charge in [-0.1, -0.05) is 79.7 Å². The minimum atomic E-state index is -3.56. The number of carboxylic acid groups (broad SMARTS) is 1. The second kappa shape index (κ2) is 13.9. The van der Waals surface area contributed by atoms with E-state index >= 15 is 0 Å². The van der Waals surface area contributed by atoms with Gasteiger partial charge >= 0.3 is 5.97 Å². The second-order valence-corrected chi connectivity index (χ2v) is 16.0. The second-order valence-electron chi connectivity index (χ2n) is 12.0. The molecule has 5 rings (SSSR count). The number of aromatic carboxylic acids is 1. The van der Waals surface area contributed by atoms with Crippen LogP contribution in [-0.2, 0) is 39.3 Å². The van der Waals surface area contributed by atoms with Crippen molar-refractivity contribution >= 4 is 25.6 Å². The quantitative estimate of drug-likeness (QED) is 0.137. The van der Waals surface area contributed by atoms with Gasteiger partial charge in [0, 0.05) is 24.1 Å². The Morgan fingerprint density at radius 1 is 0.708 bits per heavy atom. The molecule has 0 saturated carbocycles. The molecule has 48 heavy (non-hydrogen) atoms. The summed E-state index contributed by atoms with van der Waals surface area (Å²) in [5, 5.41) is 35.6. The highest BCUT2D eigenvalue weighted by Crippen LogP contribution is 2.36. The molecular weight excluding hydrogens is 653 g/mol. The summed E-state index contributed by atoms with van der Waals surface area (Å²) in [7, 11) is -7.09. The van der Waals surface area contributed by atoms with E-state index in [-0.39, 0.29) is 33.9 Å². The lowest BCUT2D eigenvalue weighted by Gasteiger charge is -2.24.